The summed E-state index contributed by atoms with van der Waals surface area (Å²) in [5.41, 5.74) is 1.74. The molecule has 0 saturated heterocycles. The molecule has 27 heavy (non-hydrogen) atoms. The van der Waals surface area contributed by atoms with Gasteiger partial charge in [0.15, 0.2) is 0 Å². The molecular weight excluding hydrogens is 376 g/mol. The minimum Gasteiger partial charge on any atom is -0.392 e. The van der Waals surface area contributed by atoms with E-state index in [-0.39, 0.29) is 24.1 Å². The van der Waals surface area contributed by atoms with Crippen molar-refractivity contribution in [2.24, 2.45) is 0 Å². The second kappa shape index (κ2) is 7.85. The number of aromatic nitrogens is 2. The first-order chi connectivity index (χ1) is 12.9. The number of aliphatic hydroxyl groups excluding tert-OH is 1. The predicted octanol–water partition coefficient (Wildman–Crippen LogP) is 3.77. The van der Waals surface area contributed by atoms with Crippen LogP contribution in [0.3, 0.4) is 0 Å². The molecule has 1 aromatic heterocycles. The van der Waals surface area contributed by atoms with Crippen LogP contribution in [0.2, 0.25) is 5.02 Å². The Hall–Kier alpha value is -2.77. The van der Waals surface area contributed by atoms with Crippen LogP contribution in [-0.4, -0.2) is 14.7 Å². The van der Waals surface area contributed by atoms with E-state index in [4.69, 9.17) is 11.6 Å². The third-order valence-corrected chi connectivity index (χ3v) is 4.31. The molecule has 140 valence electrons. The topological polar surface area (TPSA) is 67.2 Å². The van der Waals surface area contributed by atoms with Crippen LogP contribution in [-0.2, 0) is 13.2 Å². The standard InChI is InChI=1S/C19H16ClF2N3O2/c1-11-2-3-13(10-26)7-17(11)23-19-24-18(27)16(22)9-25(19)8-12-4-5-15(21)14(20)6-12/h2-7,9,26H,8,10H2,1H3,(H,23,24,27). The number of halogens is 3. The third kappa shape index (κ3) is 4.32. The number of aliphatic hydroxyl groups is 1. The van der Waals surface area contributed by atoms with Crippen molar-refractivity contribution in [1.29, 1.82) is 0 Å². The lowest BCUT2D eigenvalue weighted by Crippen LogP contribution is -2.20. The maximum atomic E-state index is 13.8. The largest absolute Gasteiger partial charge is 0.392 e. The molecule has 0 aliphatic heterocycles. The number of nitrogens with zero attached hydrogens (tertiary/aromatic N) is 2. The van der Waals surface area contributed by atoms with Crippen molar-refractivity contribution in [3.8, 4) is 0 Å². The summed E-state index contributed by atoms with van der Waals surface area (Å²) in [7, 11) is 0. The number of hydrogen-bond donors (Lipinski definition) is 2. The molecule has 0 aliphatic carbocycles. The number of anilines is 2. The lowest BCUT2D eigenvalue weighted by Gasteiger charge is -2.16. The fraction of sp³-hybridized carbons (Fsp3) is 0.158. The molecule has 2 aromatic carbocycles. The Morgan fingerprint density at radius 2 is 1.89 bits per heavy atom. The van der Waals surface area contributed by atoms with Crippen molar-refractivity contribution >= 4 is 23.2 Å². The minimum atomic E-state index is -1.01. The van der Waals surface area contributed by atoms with Crippen molar-refractivity contribution < 1.29 is 13.9 Å². The first kappa shape index (κ1) is 19.0. The van der Waals surface area contributed by atoms with Gasteiger partial charge in [0.1, 0.15) is 5.82 Å². The van der Waals surface area contributed by atoms with Crippen molar-refractivity contribution in [2.45, 2.75) is 20.1 Å². The van der Waals surface area contributed by atoms with Gasteiger partial charge in [-0.3, -0.25) is 4.79 Å². The van der Waals surface area contributed by atoms with Gasteiger partial charge < -0.3 is 15.0 Å². The second-order valence-electron chi connectivity index (χ2n) is 6.03. The molecule has 2 N–H and O–H groups in total. The number of rotatable bonds is 5. The molecule has 0 saturated carbocycles. The zero-order valence-corrected chi connectivity index (χ0v) is 15.1. The summed E-state index contributed by atoms with van der Waals surface area (Å²) in [4.78, 5) is 15.4. The van der Waals surface area contributed by atoms with Gasteiger partial charge in [-0.05, 0) is 41.8 Å². The highest BCUT2D eigenvalue weighted by molar-refractivity contribution is 6.30. The molecular formula is C19H16ClF2N3O2. The van der Waals surface area contributed by atoms with Gasteiger partial charge in [-0.2, -0.15) is 9.37 Å². The van der Waals surface area contributed by atoms with E-state index >= 15 is 0 Å². The van der Waals surface area contributed by atoms with E-state index in [9.17, 15) is 18.7 Å². The normalized spacial score (nSPS) is 10.9. The molecule has 8 heteroatoms. The van der Waals surface area contributed by atoms with E-state index in [1.165, 1.54) is 22.8 Å². The van der Waals surface area contributed by atoms with Crippen molar-refractivity contribution in [3.63, 3.8) is 0 Å². The van der Waals surface area contributed by atoms with E-state index in [0.717, 1.165) is 11.8 Å². The lowest BCUT2D eigenvalue weighted by atomic mass is 10.1. The van der Waals surface area contributed by atoms with Gasteiger partial charge in [0.25, 0.3) is 0 Å². The maximum Gasteiger partial charge on any atom is 0.310 e. The fourth-order valence-corrected chi connectivity index (χ4v) is 2.75. The van der Waals surface area contributed by atoms with Crippen LogP contribution < -0.4 is 10.9 Å². The average molecular weight is 392 g/mol. The first-order valence-corrected chi connectivity index (χ1v) is 8.43. The number of aryl methyl sites for hydroxylation is 1. The molecule has 3 rings (SSSR count). The Morgan fingerprint density at radius 3 is 2.59 bits per heavy atom. The van der Waals surface area contributed by atoms with Crippen molar-refractivity contribution in [2.75, 3.05) is 5.32 Å². The summed E-state index contributed by atoms with van der Waals surface area (Å²) in [6, 6.07) is 9.44. The maximum absolute atomic E-state index is 13.8. The van der Waals surface area contributed by atoms with Crippen LogP contribution in [0.4, 0.5) is 20.4 Å². The lowest BCUT2D eigenvalue weighted by molar-refractivity contribution is 0.282. The molecule has 0 atom stereocenters. The molecule has 0 fully saturated rings. The van der Waals surface area contributed by atoms with E-state index in [0.29, 0.717) is 16.8 Å². The first-order valence-electron chi connectivity index (χ1n) is 8.05. The van der Waals surface area contributed by atoms with E-state index < -0.39 is 17.2 Å². The summed E-state index contributed by atoms with van der Waals surface area (Å²) >= 11 is 5.80. The van der Waals surface area contributed by atoms with Crippen LogP contribution >= 0.6 is 11.6 Å². The third-order valence-electron chi connectivity index (χ3n) is 4.02. The summed E-state index contributed by atoms with van der Waals surface area (Å²) in [6.45, 7) is 1.81. The Kier molecular flexibility index (Phi) is 5.53. The molecule has 0 bridgehead atoms. The highest BCUT2D eigenvalue weighted by atomic mass is 35.5. The van der Waals surface area contributed by atoms with Gasteiger partial charge in [-0.1, -0.05) is 29.8 Å². The summed E-state index contributed by atoms with van der Waals surface area (Å²) in [6.07, 6.45) is 1.03. The van der Waals surface area contributed by atoms with Crippen LogP contribution in [0, 0.1) is 18.6 Å². The Labute approximate surface area is 158 Å². The van der Waals surface area contributed by atoms with Crippen LogP contribution in [0.25, 0.3) is 0 Å². The summed E-state index contributed by atoms with van der Waals surface area (Å²) in [5, 5.41) is 12.3. The monoisotopic (exact) mass is 391 g/mol. The average Bonchev–Trinajstić information content (AvgIpc) is 2.64. The van der Waals surface area contributed by atoms with Gasteiger partial charge in [0.2, 0.25) is 11.8 Å². The number of hydrogen-bond acceptors (Lipinski definition) is 4. The highest BCUT2D eigenvalue weighted by Crippen LogP contribution is 2.22. The minimum absolute atomic E-state index is 0.0528. The molecule has 5 nitrogen and oxygen atoms in total. The quantitative estimate of drug-likeness (QED) is 0.694. The molecule has 0 aliphatic rings. The number of benzene rings is 2. The Morgan fingerprint density at radius 1 is 1.15 bits per heavy atom. The Balaban J connectivity index is 2.01. The van der Waals surface area contributed by atoms with Crippen LogP contribution in [0.15, 0.2) is 47.4 Å². The molecule has 3 aromatic rings. The van der Waals surface area contributed by atoms with Crippen LogP contribution in [0.5, 0.6) is 0 Å². The van der Waals surface area contributed by atoms with Gasteiger partial charge in [-0.15, -0.1) is 0 Å². The molecule has 0 amide bonds. The Bertz CT molecular complexity index is 1050. The molecule has 0 spiro atoms. The van der Waals surface area contributed by atoms with Gasteiger partial charge in [0.05, 0.1) is 18.2 Å². The SMILES string of the molecule is Cc1ccc(CO)cc1Nc1nc(=O)c(F)cn1Cc1ccc(F)c(Cl)c1. The zero-order valence-electron chi connectivity index (χ0n) is 14.3. The second-order valence-corrected chi connectivity index (χ2v) is 6.43. The predicted molar refractivity (Wildman–Crippen MR) is 99.4 cm³/mol. The zero-order chi connectivity index (χ0) is 19.6. The highest BCUT2D eigenvalue weighted by Gasteiger charge is 2.12. The summed E-state index contributed by atoms with van der Waals surface area (Å²) < 4.78 is 28.5. The molecule has 0 radical (unpaired) electrons. The van der Waals surface area contributed by atoms with Crippen molar-refractivity contribution in [3.05, 3.63) is 86.3 Å². The van der Waals surface area contributed by atoms with Gasteiger partial charge >= 0.3 is 5.56 Å². The fourth-order valence-electron chi connectivity index (χ4n) is 2.54. The van der Waals surface area contributed by atoms with Crippen molar-refractivity contribution in [1.82, 2.24) is 9.55 Å². The molecule has 0 unspecified atom stereocenters. The van der Waals surface area contributed by atoms with Crippen LogP contribution in [0.1, 0.15) is 16.7 Å². The summed E-state index contributed by atoms with van der Waals surface area (Å²) in [5.74, 6) is -1.45. The van der Waals surface area contributed by atoms with Gasteiger partial charge in [-0.25, -0.2) is 4.39 Å². The van der Waals surface area contributed by atoms with E-state index in [1.54, 1.807) is 18.2 Å². The van der Waals surface area contributed by atoms with Gasteiger partial charge in [0, 0.05) is 11.9 Å². The smallest absolute Gasteiger partial charge is 0.310 e. The molecule has 1 heterocycles. The van der Waals surface area contributed by atoms with E-state index in [2.05, 4.69) is 10.3 Å². The van der Waals surface area contributed by atoms with E-state index in [1.807, 2.05) is 6.92 Å². The number of nitrogens with one attached hydrogen (secondary N) is 1.